The summed E-state index contributed by atoms with van der Waals surface area (Å²) in [5.41, 5.74) is 0.859. The average Bonchev–Trinajstić information content (AvgIpc) is 2.52. The van der Waals surface area contributed by atoms with Gasteiger partial charge in [0.15, 0.2) is 0 Å². The number of rotatable bonds is 4. The lowest BCUT2D eigenvalue weighted by molar-refractivity contribution is -0.146. The van der Waals surface area contributed by atoms with Crippen molar-refractivity contribution < 1.29 is 24.5 Å². The van der Waals surface area contributed by atoms with E-state index in [9.17, 15) is 14.7 Å². The van der Waals surface area contributed by atoms with Crippen molar-refractivity contribution in [1.29, 1.82) is 0 Å². The Morgan fingerprint density at radius 3 is 2.62 bits per heavy atom. The van der Waals surface area contributed by atoms with E-state index in [1.807, 2.05) is 30.3 Å². The van der Waals surface area contributed by atoms with Gasteiger partial charge in [-0.25, -0.2) is 4.79 Å². The number of hydrogen-bond acceptors (Lipinski definition) is 4. The van der Waals surface area contributed by atoms with E-state index < -0.39 is 24.0 Å². The van der Waals surface area contributed by atoms with E-state index in [4.69, 9.17) is 9.84 Å². The summed E-state index contributed by atoms with van der Waals surface area (Å²) in [4.78, 5) is 24.6. The topological polar surface area (TPSA) is 87.1 Å². The maximum absolute atomic E-state index is 12.1. The van der Waals surface area contributed by atoms with Gasteiger partial charge >= 0.3 is 12.1 Å². The minimum atomic E-state index is -0.991. The highest BCUT2D eigenvalue weighted by atomic mass is 16.6. The molecule has 0 spiro atoms. The zero-order valence-electron chi connectivity index (χ0n) is 11.6. The molecule has 0 aromatic heterocycles. The first-order valence-corrected chi connectivity index (χ1v) is 6.94. The number of piperidine rings is 1. The molecule has 0 unspecified atom stereocenters. The fraction of sp³-hybridized carbons (Fsp3) is 0.467. The highest BCUT2D eigenvalue weighted by molar-refractivity contribution is 5.74. The van der Waals surface area contributed by atoms with Crippen molar-refractivity contribution in [3.63, 3.8) is 0 Å². The van der Waals surface area contributed by atoms with Crippen LogP contribution in [0.1, 0.15) is 18.4 Å². The van der Waals surface area contributed by atoms with Crippen LogP contribution in [0.5, 0.6) is 0 Å². The molecule has 1 aromatic rings. The number of carboxylic acid groups (broad SMARTS) is 1. The Hall–Kier alpha value is -2.08. The number of ether oxygens (including phenoxy) is 1. The van der Waals surface area contributed by atoms with E-state index in [1.165, 1.54) is 4.90 Å². The predicted octanol–water partition coefficient (Wildman–Crippen LogP) is 1.48. The zero-order chi connectivity index (χ0) is 15.2. The summed E-state index contributed by atoms with van der Waals surface area (Å²) in [6, 6.07) is 8.52. The van der Waals surface area contributed by atoms with Gasteiger partial charge in [-0.1, -0.05) is 30.3 Å². The second-order valence-corrected chi connectivity index (χ2v) is 5.07. The molecule has 0 radical (unpaired) electrons. The Bertz CT molecular complexity index is 490. The summed E-state index contributed by atoms with van der Waals surface area (Å²) < 4.78 is 5.21. The number of carbonyl (C=O) groups excluding carboxylic acids is 1. The van der Waals surface area contributed by atoms with Gasteiger partial charge in [-0.2, -0.15) is 0 Å². The molecule has 1 aromatic carbocycles. The molecule has 1 aliphatic rings. The van der Waals surface area contributed by atoms with Crippen molar-refractivity contribution in [2.75, 3.05) is 13.2 Å². The molecule has 1 amide bonds. The minimum Gasteiger partial charge on any atom is -0.481 e. The van der Waals surface area contributed by atoms with Crippen LogP contribution in [0.25, 0.3) is 0 Å². The summed E-state index contributed by atoms with van der Waals surface area (Å²) in [6.45, 7) is 0.159. The number of aliphatic carboxylic acids is 1. The Morgan fingerprint density at radius 1 is 1.29 bits per heavy atom. The van der Waals surface area contributed by atoms with Crippen molar-refractivity contribution in [2.24, 2.45) is 5.92 Å². The van der Waals surface area contributed by atoms with E-state index in [0.29, 0.717) is 19.4 Å². The third-order valence-electron chi connectivity index (χ3n) is 3.72. The maximum atomic E-state index is 12.1. The molecule has 0 bridgehead atoms. The first-order chi connectivity index (χ1) is 10.1. The van der Waals surface area contributed by atoms with Gasteiger partial charge in [-0.3, -0.25) is 4.79 Å². The van der Waals surface area contributed by atoms with E-state index in [1.54, 1.807) is 0 Å². The van der Waals surface area contributed by atoms with E-state index in [-0.39, 0.29) is 13.2 Å². The van der Waals surface area contributed by atoms with Crippen LogP contribution in [0.3, 0.4) is 0 Å². The molecule has 114 valence electrons. The fourth-order valence-corrected chi connectivity index (χ4v) is 2.60. The molecule has 2 atom stereocenters. The fourth-order valence-electron chi connectivity index (χ4n) is 2.60. The summed E-state index contributed by atoms with van der Waals surface area (Å²) >= 11 is 0. The molecule has 1 fully saturated rings. The maximum Gasteiger partial charge on any atom is 0.410 e. The summed E-state index contributed by atoms with van der Waals surface area (Å²) in [7, 11) is 0. The van der Waals surface area contributed by atoms with Crippen molar-refractivity contribution in [1.82, 2.24) is 4.90 Å². The Kier molecular flexibility index (Phi) is 5.16. The molecule has 2 N–H and O–H groups in total. The zero-order valence-corrected chi connectivity index (χ0v) is 11.6. The SMILES string of the molecule is O=C(O)[C@H]1CCCN(C(=O)OCc2ccccc2)[C@H]1CO. The van der Waals surface area contributed by atoms with Crippen LogP contribution >= 0.6 is 0 Å². The molecule has 0 saturated carbocycles. The third-order valence-corrected chi connectivity index (χ3v) is 3.72. The second-order valence-electron chi connectivity index (χ2n) is 5.07. The number of likely N-dealkylation sites (tertiary alicyclic amines) is 1. The van der Waals surface area contributed by atoms with Crippen LogP contribution < -0.4 is 0 Å². The third kappa shape index (κ3) is 3.72. The summed E-state index contributed by atoms with van der Waals surface area (Å²) in [5, 5.41) is 18.6. The number of amides is 1. The molecule has 21 heavy (non-hydrogen) atoms. The van der Waals surface area contributed by atoms with Crippen molar-refractivity contribution in [3.05, 3.63) is 35.9 Å². The monoisotopic (exact) mass is 293 g/mol. The molecular formula is C15H19NO5. The summed E-state index contributed by atoms with van der Waals surface area (Å²) in [6.07, 6.45) is 0.473. The van der Waals surface area contributed by atoms with E-state index >= 15 is 0 Å². The molecule has 1 heterocycles. The number of nitrogens with zero attached hydrogens (tertiary/aromatic N) is 1. The first-order valence-electron chi connectivity index (χ1n) is 6.94. The quantitative estimate of drug-likeness (QED) is 0.878. The number of aliphatic hydroxyl groups is 1. The smallest absolute Gasteiger partial charge is 0.410 e. The summed E-state index contributed by atoms with van der Waals surface area (Å²) in [5.74, 6) is -1.73. The lowest BCUT2D eigenvalue weighted by Gasteiger charge is -2.37. The lowest BCUT2D eigenvalue weighted by atomic mass is 9.90. The Balaban J connectivity index is 1.98. The van der Waals surface area contributed by atoms with Gasteiger partial charge in [-0.15, -0.1) is 0 Å². The molecule has 6 heteroatoms. The first kappa shape index (κ1) is 15.3. The van der Waals surface area contributed by atoms with Crippen LogP contribution in [0.2, 0.25) is 0 Å². The van der Waals surface area contributed by atoms with Gasteiger partial charge in [0, 0.05) is 6.54 Å². The highest BCUT2D eigenvalue weighted by Crippen LogP contribution is 2.24. The van der Waals surface area contributed by atoms with Crippen LogP contribution in [-0.2, 0) is 16.1 Å². The van der Waals surface area contributed by atoms with Gasteiger partial charge in [0.1, 0.15) is 6.61 Å². The molecule has 1 aliphatic heterocycles. The van der Waals surface area contributed by atoms with Crippen LogP contribution in [0.15, 0.2) is 30.3 Å². The van der Waals surface area contributed by atoms with E-state index in [0.717, 1.165) is 5.56 Å². The van der Waals surface area contributed by atoms with Crippen LogP contribution in [0, 0.1) is 5.92 Å². The van der Waals surface area contributed by atoms with Gasteiger partial charge in [0.05, 0.1) is 18.6 Å². The lowest BCUT2D eigenvalue weighted by Crippen LogP contribution is -2.52. The average molecular weight is 293 g/mol. The number of carbonyl (C=O) groups is 2. The Morgan fingerprint density at radius 2 is 2.00 bits per heavy atom. The number of hydrogen-bond donors (Lipinski definition) is 2. The molecule has 0 aliphatic carbocycles. The van der Waals surface area contributed by atoms with Gasteiger partial charge in [-0.05, 0) is 18.4 Å². The van der Waals surface area contributed by atoms with Crippen molar-refractivity contribution >= 4 is 12.1 Å². The van der Waals surface area contributed by atoms with Crippen LogP contribution in [0.4, 0.5) is 4.79 Å². The number of benzene rings is 1. The highest BCUT2D eigenvalue weighted by Gasteiger charge is 2.38. The standard InChI is InChI=1S/C15H19NO5/c17-9-13-12(14(18)19)7-4-8-16(13)15(20)21-10-11-5-2-1-3-6-11/h1-3,5-6,12-13,17H,4,7-10H2,(H,18,19)/t12-,13-/m0/s1. The van der Waals surface area contributed by atoms with Crippen LogP contribution in [-0.4, -0.2) is 46.4 Å². The predicted molar refractivity (Wildman–Crippen MR) is 74.6 cm³/mol. The molecule has 1 saturated heterocycles. The Labute approximate surface area is 122 Å². The van der Waals surface area contributed by atoms with Crippen molar-refractivity contribution in [3.8, 4) is 0 Å². The normalized spacial score (nSPS) is 21.9. The van der Waals surface area contributed by atoms with Crippen molar-refractivity contribution in [2.45, 2.75) is 25.5 Å². The second kappa shape index (κ2) is 7.08. The molecular weight excluding hydrogens is 274 g/mol. The van der Waals surface area contributed by atoms with Gasteiger partial charge < -0.3 is 19.8 Å². The van der Waals surface area contributed by atoms with Gasteiger partial charge in [0.25, 0.3) is 0 Å². The molecule has 2 rings (SSSR count). The minimum absolute atomic E-state index is 0.131. The van der Waals surface area contributed by atoms with E-state index in [2.05, 4.69) is 0 Å². The largest absolute Gasteiger partial charge is 0.481 e. The number of aliphatic hydroxyl groups excluding tert-OH is 1. The van der Waals surface area contributed by atoms with Gasteiger partial charge in [0.2, 0.25) is 0 Å². The number of carboxylic acids is 1. The molecule has 6 nitrogen and oxygen atoms in total.